The Labute approximate surface area is 162 Å². The summed E-state index contributed by atoms with van der Waals surface area (Å²) in [5.41, 5.74) is 0. The molecule has 1 amide bonds. The molecule has 5 nitrogen and oxygen atoms in total. The van der Waals surface area contributed by atoms with Crippen LogP contribution in [0.5, 0.6) is 0 Å². The van der Waals surface area contributed by atoms with Crippen molar-refractivity contribution in [2.45, 2.75) is 6.54 Å². The first-order chi connectivity index (χ1) is 12.8. The Morgan fingerprint density at radius 2 is 1.88 bits per heavy atom. The number of thiophene rings is 2. The lowest BCUT2D eigenvalue weighted by molar-refractivity contribution is -0.122. The standard InChI is InChI=1S/C18H13N3O2S3/c22-17-16(10-14-5-2-8-24-14)26-18(20-19-11-15-6-3-9-25-15)21(17)12-13-4-1-7-23-13/h1-11H,12H2/b16-10-,19-11-,20-18+. The number of hydrogen-bond donors (Lipinski definition) is 0. The second-order valence-electron chi connectivity index (χ2n) is 5.24. The highest BCUT2D eigenvalue weighted by Gasteiger charge is 2.34. The number of furan rings is 1. The minimum atomic E-state index is -0.0927. The number of carbonyl (C=O) groups excluding carboxylic acids is 1. The zero-order chi connectivity index (χ0) is 17.8. The van der Waals surface area contributed by atoms with Gasteiger partial charge < -0.3 is 4.42 Å². The molecule has 4 rings (SSSR count). The second kappa shape index (κ2) is 7.86. The summed E-state index contributed by atoms with van der Waals surface area (Å²) in [5.74, 6) is 0.608. The van der Waals surface area contributed by atoms with Gasteiger partial charge in [0.1, 0.15) is 5.76 Å². The first-order valence-corrected chi connectivity index (χ1v) is 10.3. The molecule has 3 aromatic rings. The van der Waals surface area contributed by atoms with Crippen LogP contribution in [0.2, 0.25) is 0 Å². The van der Waals surface area contributed by atoms with Crippen LogP contribution in [0.4, 0.5) is 0 Å². The van der Waals surface area contributed by atoms with Gasteiger partial charge in [-0.3, -0.25) is 9.69 Å². The molecule has 0 atom stereocenters. The molecule has 0 unspecified atom stereocenters. The first kappa shape index (κ1) is 17.0. The lowest BCUT2D eigenvalue weighted by atomic mass is 10.3. The quantitative estimate of drug-likeness (QED) is 0.348. The average Bonchev–Trinajstić information content (AvgIpc) is 3.42. The number of carbonyl (C=O) groups is 1. The van der Waals surface area contributed by atoms with Gasteiger partial charge in [-0.2, -0.15) is 5.10 Å². The fourth-order valence-electron chi connectivity index (χ4n) is 2.28. The van der Waals surface area contributed by atoms with Crippen molar-refractivity contribution < 1.29 is 9.21 Å². The van der Waals surface area contributed by atoms with Crippen LogP contribution in [0.3, 0.4) is 0 Å². The summed E-state index contributed by atoms with van der Waals surface area (Å²) in [4.78, 5) is 17.1. The summed E-state index contributed by atoms with van der Waals surface area (Å²) in [6, 6.07) is 11.5. The summed E-state index contributed by atoms with van der Waals surface area (Å²) >= 11 is 4.50. The summed E-state index contributed by atoms with van der Waals surface area (Å²) < 4.78 is 5.38. The Kier molecular flexibility index (Phi) is 5.14. The molecule has 3 aromatic heterocycles. The predicted molar refractivity (Wildman–Crippen MR) is 108 cm³/mol. The van der Waals surface area contributed by atoms with Crippen LogP contribution in [0.1, 0.15) is 15.5 Å². The number of rotatable bonds is 5. The van der Waals surface area contributed by atoms with Gasteiger partial charge in [-0.25, -0.2) is 0 Å². The Morgan fingerprint density at radius 3 is 2.58 bits per heavy atom. The van der Waals surface area contributed by atoms with E-state index in [1.807, 2.05) is 47.2 Å². The molecule has 4 heterocycles. The number of hydrogen-bond acceptors (Lipinski definition) is 7. The van der Waals surface area contributed by atoms with Crippen LogP contribution in [0.15, 0.2) is 72.9 Å². The Morgan fingerprint density at radius 1 is 1.08 bits per heavy atom. The molecular formula is C18H13N3O2S3. The van der Waals surface area contributed by atoms with Crippen molar-refractivity contribution in [2.24, 2.45) is 10.2 Å². The second-order valence-corrected chi connectivity index (χ2v) is 8.21. The monoisotopic (exact) mass is 399 g/mol. The molecule has 0 radical (unpaired) electrons. The zero-order valence-corrected chi connectivity index (χ0v) is 15.9. The lowest BCUT2D eigenvalue weighted by Gasteiger charge is -2.12. The van der Waals surface area contributed by atoms with Gasteiger partial charge in [-0.1, -0.05) is 12.1 Å². The van der Waals surface area contributed by atoms with E-state index < -0.39 is 0 Å². The van der Waals surface area contributed by atoms with E-state index in [2.05, 4.69) is 10.2 Å². The zero-order valence-electron chi connectivity index (χ0n) is 13.4. The van der Waals surface area contributed by atoms with Gasteiger partial charge in [0, 0.05) is 9.75 Å². The highest BCUT2D eigenvalue weighted by atomic mass is 32.2. The summed E-state index contributed by atoms with van der Waals surface area (Å²) in [6.45, 7) is 0.327. The third-order valence-corrected chi connectivity index (χ3v) is 6.09. The smallest absolute Gasteiger partial charge is 0.267 e. The van der Waals surface area contributed by atoms with E-state index in [0.29, 0.717) is 22.4 Å². The Hall–Kier alpha value is -2.42. The minimum absolute atomic E-state index is 0.0927. The maximum atomic E-state index is 12.8. The molecule has 0 saturated carbocycles. The fourth-order valence-corrected chi connectivity index (χ4v) is 4.52. The Bertz CT molecular complexity index is 956. The summed E-state index contributed by atoms with van der Waals surface area (Å²) in [5, 5.41) is 12.9. The van der Waals surface area contributed by atoms with Gasteiger partial charge in [0.25, 0.3) is 5.91 Å². The highest BCUT2D eigenvalue weighted by Crippen LogP contribution is 2.34. The van der Waals surface area contributed by atoms with Crippen LogP contribution in [0.25, 0.3) is 6.08 Å². The van der Waals surface area contributed by atoms with E-state index in [4.69, 9.17) is 4.42 Å². The van der Waals surface area contributed by atoms with Gasteiger partial charge in [0.15, 0.2) is 5.17 Å². The molecule has 1 aliphatic rings. The molecule has 8 heteroatoms. The van der Waals surface area contributed by atoms with Crippen LogP contribution in [-0.4, -0.2) is 22.2 Å². The van der Waals surface area contributed by atoms with Crippen molar-refractivity contribution in [3.05, 3.63) is 73.8 Å². The van der Waals surface area contributed by atoms with Crippen LogP contribution < -0.4 is 0 Å². The van der Waals surface area contributed by atoms with Gasteiger partial charge in [0.2, 0.25) is 0 Å². The summed E-state index contributed by atoms with van der Waals surface area (Å²) in [6.07, 6.45) is 5.17. The number of amidine groups is 1. The molecule has 1 aliphatic heterocycles. The van der Waals surface area contributed by atoms with Crippen molar-refractivity contribution in [3.63, 3.8) is 0 Å². The fraction of sp³-hybridized carbons (Fsp3) is 0.0556. The van der Waals surface area contributed by atoms with Gasteiger partial charge in [-0.15, -0.1) is 27.8 Å². The van der Waals surface area contributed by atoms with E-state index in [1.54, 1.807) is 46.1 Å². The number of thioether (sulfide) groups is 1. The predicted octanol–water partition coefficient (Wildman–Crippen LogP) is 4.91. The molecule has 1 saturated heterocycles. The molecule has 1 fully saturated rings. The van der Waals surface area contributed by atoms with E-state index in [1.165, 1.54) is 11.8 Å². The molecule has 130 valence electrons. The summed E-state index contributed by atoms with van der Waals surface area (Å²) in [7, 11) is 0. The first-order valence-electron chi connectivity index (χ1n) is 7.71. The molecule has 0 aromatic carbocycles. The molecule has 0 aliphatic carbocycles. The van der Waals surface area contributed by atoms with E-state index in [9.17, 15) is 4.79 Å². The SMILES string of the molecule is O=C1/C(=C/c2cccs2)S/C(=N/N=C\c2cccs2)N1Cc1ccco1. The van der Waals surface area contributed by atoms with E-state index in [0.717, 1.165) is 9.75 Å². The minimum Gasteiger partial charge on any atom is -0.467 e. The molecule has 0 N–H and O–H groups in total. The maximum absolute atomic E-state index is 12.8. The van der Waals surface area contributed by atoms with Crippen molar-refractivity contribution in [3.8, 4) is 0 Å². The molecule has 0 bridgehead atoms. The van der Waals surface area contributed by atoms with Crippen molar-refractivity contribution >= 4 is 57.8 Å². The van der Waals surface area contributed by atoms with Crippen molar-refractivity contribution in [1.29, 1.82) is 0 Å². The largest absolute Gasteiger partial charge is 0.467 e. The van der Waals surface area contributed by atoms with Crippen LogP contribution in [0, 0.1) is 0 Å². The number of amides is 1. The number of nitrogens with zero attached hydrogens (tertiary/aromatic N) is 3. The normalized spacial score (nSPS) is 18.0. The van der Waals surface area contributed by atoms with Crippen molar-refractivity contribution in [1.82, 2.24) is 4.90 Å². The average molecular weight is 400 g/mol. The van der Waals surface area contributed by atoms with Gasteiger partial charge in [-0.05, 0) is 52.9 Å². The topological polar surface area (TPSA) is 58.2 Å². The highest BCUT2D eigenvalue weighted by molar-refractivity contribution is 8.18. The molecule has 0 spiro atoms. The van der Waals surface area contributed by atoms with Crippen LogP contribution >= 0.6 is 34.4 Å². The Balaban J connectivity index is 1.61. The van der Waals surface area contributed by atoms with E-state index >= 15 is 0 Å². The van der Waals surface area contributed by atoms with Gasteiger partial charge >= 0.3 is 0 Å². The molecular weight excluding hydrogens is 386 g/mol. The third-order valence-electron chi connectivity index (χ3n) is 3.47. The van der Waals surface area contributed by atoms with Crippen LogP contribution in [-0.2, 0) is 11.3 Å². The van der Waals surface area contributed by atoms with E-state index in [-0.39, 0.29) is 5.91 Å². The van der Waals surface area contributed by atoms with Crippen molar-refractivity contribution in [2.75, 3.05) is 0 Å². The molecule has 26 heavy (non-hydrogen) atoms. The third kappa shape index (κ3) is 3.87. The lowest BCUT2D eigenvalue weighted by Crippen LogP contribution is -2.28. The van der Waals surface area contributed by atoms with Gasteiger partial charge in [0.05, 0.1) is 23.9 Å². The maximum Gasteiger partial charge on any atom is 0.267 e.